The van der Waals surface area contributed by atoms with Crippen LogP contribution < -0.4 is 10.2 Å². The van der Waals surface area contributed by atoms with Crippen LogP contribution in [0.5, 0.6) is 0 Å². The number of carbonyl (C=O) groups excluding carboxylic acids is 1. The molecule has 0 bridgehead atoms. The molecule has 0 saturated carbocycles. The molecule has 1 fully saturated rings. The normalized spacial score (nSPS) is 18.0. The lowest BCUT2D eigenvalue weighted by atomic mass is 9.98. The maximum absolute atomic E-state index is 13.3. The van der Waals surface area contributed by atoms with Crippen molar-refractivity contribution in [3.8, 4) is 0 Å². The van der Waals surface area contributed by atoms with Gasteiger partial charge in [0.2, 0.25) is 0 Å². The van der Waals surface area contributed by atoms with E-state index in [2.05, 4.69) is 15.2 Å². The summed E-state index contributed by atoms with van der Waals surface area (Å²) in [6.07, 6.45) is 3.56. The summed E-state index contributed by atoms with van der Waals surface area (Å²) >= 11 is 0. The SMILES string of the molecule is Cc1nc(N2CCCC(CNC(=O)c3ccco3)C2)ccc1F. The van der Waals surface area contributed by atoms with Gasteiger partial charge in [-0.1, -0.05) is 0 Å². The van der Waals surface area contributed by atoms with Gasteiger partial charge in [0.25, 0.3) is 5.91 Å². The van der Waals surface area contributed by atoms with Crippen molar-refractivity contribution < 1.29 is 13.6 Å². The number of furan rings is 1. The summed E-state index contributed by atoms with van der Waals surface area (Å²) in [7, 11) is 0. The maximum Gasteiger partial charge on any atom is 0.286 e. The number of aromatic nitrogens is 1. The minimum Gasteiger partial charge on any atom is -0.459 e. The lowest BCUT2D eigenvalue weighted by Crippen LogP contribution is -2.41. The van der Waals surface area contributed by atoms with Gasteiger partial charge in [-0.05, 0) is 49.9 Å². The highest BCUT2D eigenvalue weighted by atomic mass is 19.1. The number of anilines is 1. The zero-order valence-corrected chi connectivity index (χ0v) is 13.1. The number of nitrogens with one attached hydrogen (secondary N) is 1. The number of piperidine rings is 1. The number of carbonyl (C=O) groups is 1. The Morgan fingerprint density at radius 3 is 3.09 bits per heavy atom. The standard InChI is InChI=1S/C17H20FN3O2/c1-12-14(18)6-7-16(20-12)21-8-2-4-13(11-21)10-19-17(22)15-5-3-9-23-15/h3,5-7,9,13H,2,4,8,10-11H2,1H3,(H,19,22). The summed E-state index contributed by atoms with van der Waals surface area (Å²) < 4.78 is 18.4. The van der Waals surface area contributed by atoms with Crippen molar-refractivity contribution in [2.24, 2.45) is 5.92 Å². The highest BCUT2D eigenvalue weighted by molar-refractivity contribution is 5.91. The molecule has 0 aliphatic carbocycles. The number of rotatable bonds is 4. The molecule has 2 aromatic heterocycles. The number of halogens is 1. The van der Waals surface area contributed by atoms with Crippen LogP contribution in [0.3, 0.4) is 0 Å². The van der Waals surface area contributed by atoms with Crippen LogP contribution >= 0.6 is 0 Å². The van der Waals surface area contributed by atoms with Crippen molar-refractivity contribution in [3.05, 3.63) is 47.8 Å². The van der Waals surface area contributed by atoms with Gasteiger partial charge in [-0.2, -0.15) is 0 Å². The molecule has 3 heterocycles. The first-order chi connectivity index (χ1) is 11.1. The monoisotopic (exact) mass is 317 g/mol. The van der Waals surface area contributed by atoms with Gasteiger partial charge in [-0.15, -0.1) is 0 Å². The number of aryl methyl sites for hydroxylation is 1. The number of hydrogen-bond donors (Lipinski definition) is 1. The van der Waals surface area contributed by atoms with Crippen LogP contribution in [0.2, 0.25) is 0 Å². The molecule has 1 amide bonds. The highest BCUT2D eigenvalue weighted by Crippen LogP contribution is 2.22. The first kappa shape index (κ1) is 15.5. The van der Waals surface area contributed by atoms with Gasteiger partial charge in [0.05, 0.1) is 12.0 Å². The summed E-state index contributed by atoms with van der Waals surface area (Å²) in [6, 6.07) is 6.51. The topological polar surface area (TPSA) is 58.4 Å². The van der Waals surface area contributed by atoms with Crippen LogP contribution in [0.4, 0.5) is 10.2 Å². The van der Waals surface area contributed by atoms with Crippen LogP contribution in [0.25, 0.3) is 0 Å². The molecule has 122 valence electrons. The lowest BCUT2D eigenvalue weighted by molar-refractivity contribution is 0.0918. The predicted octanol–water partition coefficient (Wildman–Crippen LogP) is 2.77. The van der Waals surface area contributed by atoms with Gasteiger partial charge in [0, 0.05) is 19.6 Å². The summed E-state index contributed by atoms with van der Waals surface area (Å²) in [5, 5.41) is 2.91. The molecule has 1 aliphatic heterocycles. The Labute approximate surface area is 134 Å². The highest BCUT2D eigenvalue weighted by Gasteiger charge is 2.22. The molecule has 0 spiro atoms. The fraction of sp³-hybridized carbons (Fsp3) is 0.412. The van der Waals surface area contributed by atoms with E-state index in [4.69, 9.17) is 4.42 Å². The van der Waals surface area contributed by atoms with Crippen LogP contribution in [0.1, 0.15) is 29.1 Å². The Morgan fingerprint density at radius 1 is 1.48 bits per heavy atom. The molecule has 6 heteroatoms. The van der Waals surface area contributed by atoms with Gasteiger partial charge in [-0.25, -0.2) is 9.37 Å². The van der Waals surface area contributed by atoms with E-state index in [9.17, 15) is 9.18 Å². The Balaban J connectivity index is 1.57. The second-order valence-electron chi connectivity index (χ2n) is 5.88. The smallest absolute Gasteiger partial charge is 0.286 e. The Morgan fingerprint density at radius 2 is 2.35 bits per heavy atom. The van der Waals surface area contributed by atoms with E-state index in [1.54, 1.807) is 25.1 Å². The van der Waals surface area contributed by atoms with E-state index in [-0.39, 0.29) is 11.7 Å². The molecule has 1 unspecified atom stereocenters. The third-order valence-corrected chi connectivity index (χ3v) is 4.15. The minimum absolute atomic E-state index is 0.192. The van der Waals surface area contributed by atoms with E-state index in [0.717, 1.165) is 31.7 Å². The van der Waals surface area contributed by atoms with Gasteiger partial charge in [0.15, 0.2) is 5.76 Å². The summed E-state index contributed by atoms with van der Waals surface area (Å²) in [4.78, 5) is 18.4. The largest absolute Gasteiger partial charge is 0.459 e. The first-order valence-electron chi connectivity index (χ1n) is 7.83. The molecule has 1 aliphatic rings. The minimum atomic E-state index is -0.284. The number of nitrogens with zero attached hydrogens (tertiary/aromatic N) is 2. The molecule has 1 saturated heterocycles. The fourth-order valence-corrected chi connectivity index (χ4v) is 2.88. The third kappa shape index (κ3) is 3.70. The molecule has 5 nitrogen and oxygen atoms in total. The molecular weight excluding hydrogens is 297 g/mol. The molecule has 1 N–H and O–H groups in total. The number of hydrogen-bond acceptors (Lipinski definition) is 4. The van der Waals surface area contributed by atoms with Crippen LogP contribution in [0.15, 0.2) is 34.9 Å². The molecule has 1 atom stereocenters. The average Bonchev–Trinajstić information content (AvgIpc) is 3.10. The fourth-order valence-electron chi connectivity index (χ4n) is 2.88. The van der Waals surface area contributed by atoms with E-state index in [0.29, 0.717) is 23.9 Å². The summed E-state index contributed by atoms with van der Waals surface area (Å²) in [5.41, 5.74) is 0.413. The molecule has 23 heavy (non-hydrogen) atoms. The summed E-state index contributed by atoms with van der Waals surface area (Å²) in [5.74, 6) is 0.991. The summed E-state index contributed by atoms with van der Waals surface area (Å²) in [6.45, 7) is 3.97. The molecule has 3 rings (SSSR count). The maximum atomic E-state index is 13.3. The van der Waals surface area contributed by atoms with Gasteiger partial charge < -0.3 is 14.6 Å². The molecule has 2 aromatic rings. The van der Waals surface area contributed by atoms with E-state index < -0.39 is 0 Å². The molecular formula is C17H20FN3O2. The van der Waals surface area contributed by atoms with Crippen molar-refractivity contribution in [1.29, 1.82) is 0 Å². The van der Waals surface area contributed by atoms with Crippen LogP contribution in [-0.4, -0.2) is 30.5 Å². The van der Waals surface area contributed by atoms with Crippen molar-refractivity contribution in [2.75, 3.05) is 24.5 Å². The van der Waals surface area contributed by atoms with E-state index in [1.807, 2.05) is 0 Å². The van der Waals surface area contributed by atoms with Crippen molar-refractivity contribution in [1.82, 2.24) is 10.3 Å². The lowest BCUT2D eigenvalue weighted by Gasteiger charge is -2.33. The predicted molar refractivity (Wildman–Crippen MR) is 84.9 cm³/mol. The zero-order chi connectivity index (χ0) is 16.2. The van der Waals surface area contributed by atoms with Crippen molar-refractivity contribution in [3.63, 3.8) is 0 Å². The van der Waals surface area contributed by atoms with Gasteiger partial charge >= 0.3 is 0 Å². The quantitative estimate of drug-likeness (QED) is 0.942. The van der Waals surface area contributed by atoms with Crippen molar-refractivity contribution >= 4 is 11.7 Å². The average molecular weight is 317 g/mol. The Bertz CT molecular complexity index is 672. The van der Waals surface area contributed by atoms with Crippen LogP contribution in [-0.2, 0) is 0 Å². The molecule has 0 aromatic carbocycles. The Hall–Kier alpha value is -2.37. The van der Waals surface area contributed by atoms with Gasteiger partial charge in [-0.3, -0.25) is 4.79 Å². The number of amides is 1. The van der Waals surface area contributed by atoms with E-state index in [1.165, 1.54) is 12.3 Å². The second kappa shape index (κ2) is 6.81. The second-order valence-corrected chi connectivity index (χ2v) is 5.88. The third-order valence-electron chi connectivity index (χ3n) is 4.15. The molecule has 0 radical (unpaired) electrons. The number of pyridine rings is 1. The first-order valence-corrected chi connectivity index (χ1v) is 7.83. The Kier molecular flexibility index (Phi) is 4.60. The zero-order valence-electron chi connectivity index (χ0n) is 13.1. The van der Waals surface area contributed by atoms with Crippen LogP contribution in [0, 0.1) is 18.7 Å². The van der Waals surface area contributed by atoms with Gasteiger partial charge in [0.1, 0.15) is 11.6 Å². The van der Waals surface area contributed by atoms with E-state index >= 15 is 0 Å². The van der Waals surface area contributed by atoms with Crippen molar-refractivity contribution in [2.45, 2.75) is 19.8 Å².